The van der Waals surface area contributed by atoms with Crippen LogP contribution in [-0.2, 0) is 16.1 Å². The summed E-state index contributed by atoms with van der Waals surface area (Å²) in [7, 11) is 1.53. The third-order valence-corrected chi connectivity index (χ3v) is 2.97. The van der Waals surface area contributed by atoms with Crippen LogP contribution in [-0.4, -0.2) is 32.8 Å². The maximum absolute atomic E-state index is 11.3. The fraction of sp³-hybridized carbons (Fsp3) is 0.533. The summed E-state index contributed by atoms with van der Waals surface area (Å²) in [4.78, 5) is 11.3. The summed E-state index contributed by atoms with van der Waals surface area (Å²) >= 11 is 6.20. The highest BCUT2D eigenvalue weighted by atomic mass is 35.5. The highest BCUT2D eigenvalue weighted by Crippen LogP contribution is 2.36. The maximum atomic E-state index is 11.3. The van der Waals surface area contributed by atoms with Gasteiger partial charge in [-0.15, -0.1) is 0 Å². The predicted molar refractivity (Wildman–Crippen MR) is 82.1 cm³/mol. The summed E-state index contributed by atoms with van der Waals surface area (Å²) in [5, 5.41) is 3.70. The van der Waals surface area contributed by atoms with Crippen molar-refractivity contribution in [3.63, 3.8) is 0 Å². The number of carbonyl (C=O) groups is 1. The summed E-state index contributed by atoms with van der Waals surface area (Å²) in [6, 6.07) is 3.64. The van der Waals surface area contributed by atoms with Gasteiger partial charge in [0.2, 0.25) is 0 Å². The van der Waals surface area contributed by atoms with E-state index >= 15 is 0 Å². The maximum Gasteiger partial charge on any atom is 0.344 e. The number of halogens is 1. The Labute approximate surface area is 130 Å². The molecule has 0 saturated heterocycles. The van der Waals surface area contributed by atoms with Gasteiger partial charge in [-0.1, -0.05) is 18.5 Å². The normalized spacial score (nSPS) is 10.3. The van der Waals surface area contributed by atoms with Crippen LogP contribution in [0.5, 0.6) is 11.5 Å². The standard InChI is InChI=1S/C15H22ClNO4/c1-4-6-17-9-11-7-12(16)15(13(8-11)19-3)21-10-14(18)20-5-2/h7-8,17H,4-6,9-10H2,1-3H3. The minimum atomic E-state index is -0.440. The largest absolute Gasteiger partial charge is 0.493 e. The second-order valence-electron chi connectivity index (χ2n) is 4.38. The fourth-order valence-electron chi connectivity index (χ4n) is 1.76. The SMILES string of the molecule is CCCNCc1cc(Cl)c(OCC(=O)OCC)c(OC)c1. The first-order chi connectivity index (χ1) is 10.1. The van der Waals surface area contributed by atoms with Crippen molar-refractivity contribution in [3.05, 3.63) is 22.7 Å². The van der Waals surface area contributed by atoms with Crippen molar-refractivity contribution in [2.24, 2.45) is 0 Å². The third kappa shape index (κ3) is 5.81. The molecule has 6 heteroatoms. The van der Waals surface area contributed by atoms with Gasteiger partial charge in [0.25, 0.3) is 0 Å². The van der Waals surface area contributed by atoms with Crippen LogP contribution in [0.4, 0.5) is 0 Å². The number of nitrogens with one attached hydrogen (secondary N) is 1. The van der Waals surface area contributed by atoms with Crippen LogP contribution in [0.3, 0.4) is 0 Å². The van der Waals surface area contributed by atoms with Crippen LogP contribution < -0.4 is 14.8 Å². The lowest BCUT2D eigenvalue weighted by molar-refractivity contribution is -0.145. The monoisotopic (exact) mass is 315 g/mol. The molecule has 1 aromatic carbocycles. The molecule has 0 amide bonds. The molecule has 0 spiro atoms. The molecule has 0 atom stereocenters. The number of benzene rings is 1. The molecule has 0 heterocycles. The van der Waals surface area contributed by atoms with Gasteiger partial charge in [-0.25, -0.2) is 4.79 Å². The van der Waals surface area contributed by atoms with Gasteiger partial charge in [0.15, 0.2) is 18.1 Å². The summed E-state index contributed by atoms with van der Waals surface area (Å²) in [6.07, 6.45) is 1.06. The molecule has 21 heavy (non-hydrogen) atoms. The molecule has 0 saturated carbocycles. The zero-order valence-corrected chi connectivity index (χ0v) is 13.5. The minimum absolute atomic E-state index is 0.197. The summed E-state index contributed by atoms with van der Waals surface area (Å²) in [5.74, 6) is 0.413. The second kappa shape index (κ2) is 9.47. The van der Waals surface area contributed by atoms with E-state index in [4.69, 9.17) is 25.8 Å². The van der Waals surface area contributed by atoms with Crippen LogP contribution in [0, 0.1) is 0 Å². The van der Waals surface area contributed by atoms with Crippen molar-refractivity contribution in [3.8, 4) is 11.5 Å². The molecule has 118 valence electrons. The van der Waals surface area contributed by atoms with E-state index in [9.17, 15) is 4.79 Å². The van der Waals surface area contributed by atoms with E-state index in [1.54, 1.807) is 13.0 Å². The van der Waals surface area contributed by atoms with Crippen LogP contribution in [0.2, 0.25) is 5.02 Å². The lowest BCUT2D eigenvalue weighted by Crippen LogP contribution is -2.16. The number of hydrogen-bond acceptors (Lipinski definition) is 5. The van der Waals surface area contributed by atoms with Gasteiger partial charge in [0, 0.05) is 6.54 Å². The molecule has 1 N–H and O–H groups in total. The van der Waals surface area contributed by atoms with E-state index in [0.717, 1.165) is 18.5 Å². The van der Waals surface area contributed by atoms with Crippen molar-refractivity contribution < 1.29 is 19.0 Å². The first-order valence-corrected chi connectivity index (χ1v) is 7.35. The van der Waals surface area contributed by atoms with Gasteiger partial charge in [-0.2, -0.15) is 0 Å². The molecule has 0 aliphatic heterocycles. The molecule has 0 unspecified atom stereocenters. The van der Waals surface area contributed by atoms with Gasteiger partial charge in [-0.3, -0.25) is 0 Å². The first kappa shape index (κ1) is 17.6. The Bertz CT molecular complexity index is 465. The minimum Gasteiger partial charge on any atom is -0.493 e. The van der Waals surface area contributed by atoms with Crippen molar-refractivity contribution in [1.82, 2.24) is 5.32 Å². The molecule has 0 aromatic heterocycles. The molecule has 0 aliphatic carbocycles. The van der Waals surface area contributed by atoms with Gasteiger partial charge in [-0.05, 0) is 37.6 Å². The molecular weight excluding hydrogens is 294 g/mol. The van der Waals surface area contributed by atoms with Crippen LogP contribution in [0.25, 0.3) is 0 Å². The van der Waals surface area contributed by atoms with Gasteiger partial charge in [0.05, 0.1) is 18.7 Å². The fourth-order valence-corrected chi connectivity index (χ4v) is 2.05. The first-order valence-electron chi connectivity index (χ1n) is 6.97. The molecule has 0 radical (unpaired) electrons. The Morgan fingerprint density at radius 3 is 2.71 bits per heavy atom. The second-order valence-corrected chi connectivity index (χ2v) is 4.79. The van der Waals surface area contributed by atoms with Gasteiger partial charge in [0.1, 0.15) is 0 Å². The lowest BCUT2D eigenvalue weighted by atomic mass is 10.2. The number of methoxy groups -OCH3 is 1. The number of ether oxygens (including phenoxy) is 3. The van der Waals surface area contributed by atoms with E-state index in [1.807, 2.05) is 6.07 Å². The van der Waals surface area contributed by atoms with Crippen LogP contribution in [0.1, 0.15) is 25.8 Å². The third-order valence-electron chi connectivity index (χ3n) is 2.68. The molecule has 1 rings (SSSR count). The van der Waals surface area contributed by atoms with E-state index in [2.05, 4.69) is 12.2 Å². The number of rotatable bonds is 9. The molecule has 1 aromatic rings. The zero-order valence-electron chi connectivity index (χ0n) is 12.7. The summed E-state index contributed by atoms with van der Waals surface area (Å²) in [6.45, 7) is 5.59. The number of esters is 1. The Morgan fingerprint density at radius 1 is 1.33 bits per heavy atom. The average molecular weight is 316 g/mol. The van der Waals surface area contributed by atoms with E-state index in [1.165, 1.54) is 7.11 Å². The van der Waals surface area contributed by atoms with Crippen molar-refractivity contribution in [1.29, 1.82) is 0 Å². The highest BCUT2D eigenvalue weighted by Gasteiger charge is 2.14. The molecule has 0 aliphatic rings. The number of carbonyl (C=O) groups excluding carboxylic acids is 1. The van der Waals surface area contributed by atoms with E-state index in [0.29, 0.717) is 29.7 Å². The summed E-state index contributed by atoms with van der Waals surface area (Å²) < 4.78 is 15.5. The van der Waals surface area contributed by atoms with Crippen molar-refractivity contribution in [2.75, 3.05) is 26.9 Å². The predicted octanol–water partition coefficient (Wildman–Crippen LogP) is 2.79. The molecule has 5 nitrogen and oxygen atoms in total. The van der Waals surface area contributed by atoms with Gasteiger partial charge < -0.3 is 19.5 Å². The Balaban J connectivity index is 2.77. The zero-order chi connectivity index (χ0) is 15.7. The van der Waals surface area contributed by atoms with Crippen LogP contribution in [0.15, 0.2) is 12.1 Å². The smallest absolute Gasteiger partial charge is 0.344 e. The Hall–Kier alpha value is -1.46. The lowest BCUT2D eigenvalue weighted by Gasteiger charge is -2.14. The summed E-state index contributed by atoms with van der Waals surface area (Å²) in [5.41, 5.74) is 0.994. The Kier molecular flexibility index (Phi) is 7.93. The number of hydrogen-bond donors (Lipinski definition) is 1. The Morgan fingerprint density at radius 2 is 2.10 bits per heavy atom. The van der Waals surface area contributed by atoms with Crippen molar-refractivity contribution in [2.45, 2.75) is 26.8 Å². The van der Waals surface area contributed by atoms with E-state index in [-0.39, 0.29) is 6.61 Å². The van der Waals surface area contributed by atoms with E-state index < -0.39 is 5.97 Å². The molecule has 0 bridgehead atoms. The molecular formula is C15H22ClNO4. The van der Waals surface area contributed by atoms with Crippen molar-refractivity contribution >= 4 is 17.6 Å². The quantitative estimate of drug-likeness (QED) is 0.561. The highest BCUT2D eigenvalue weighted by molar-refractivity contribution is 6.32. The van der Waals surface area contributed by atoms with Gasteiger partial charge >= 0.3 is 5.97 Å². The van der Waals surface area contributed by atoms with Crippen LogP contribution >= 0.6 is 11.6 Å². The average Bonchev–Trinajstić information content (AvgIpc) is 2.46. The topological polar surface area (TPSA) is 56.8 Å². The molecule has 0 fully saturated rings.